The quantitative estimate of drug-likeness (QED) is 0.270. The van der Waals surface area contributed by atoms with Gasteiger partial charge in [0.1, 0.15) is 12.6 Å². The van der Waals surface area contributed by atoms with Crippen molar-refractivity contribution in [3.8, 4) is 0 Å². The first kappa shape index (κ1) is 31.7. The first-order valence-corrected chi connectivity index (χ1v) is 15.2. The lowest BCUT2D eigenvalue weighted by Gasteiger charge is -2.32. The Kier molecular flexibility index (Phi) is 10.9. The van der Waals surface area contributed by atoms with Gasteiger partial charge in [0.2, 0.25) is 11.8 Å². The van der Waals surface area contributed by atoms with Gasteiger partial charge in [-0.15, -0.1) is 0 Å². The number of nitrogens with one attached hydrogen (secondary N) is 1. The second kappa shape index (κ2) is 13.7. The summed E-state index contributed by atoms with van der Waals surface area (Å²) in [4.78, 5) is 28.3. The van der Waals surface area contributed by atoms with Gasteiger partial charge in [-0.3, -0.25) is 13.9 Å². The molecular weight excluding hydrogens is 593 g/mol. The first-order chi connectivity index (χ1) is 18.8. The van der Waals surface area contributed by atoms with E-state index in [1.807, 2.05) is 13.8 Å². The van der Waals surface area contributed by atoms with Crippen LogP contribution in [0, 0.1) is 12.8 Å². The zero-order valence-corrected chi connectivity index (χ0v) is 25.8. The van der Waals surface area contributed by atoms with Crippen LogP contribution in [0.2, 0.25) is 15.1 Å². The van der Waals surface area contributed by atoms with Crippen LogP contribution in [0.1, 0.15) is 31.9 Å². The molecule has 0 bridgehead atoms. The van der Waals surface area contributed by atoms with E-state index in [9.17, 15) is 18.0 Å². The number of rotatable bonds is 11. The summed E-state index contributed by atoms with van der Waals surface area (Å²) in [6, 6.07) is 16.6. The lowest BCUT2D eigenvalue weighted by molar-refractivity contribution is -0.139. The molecule has 1 atom stereocenters. The van der Waals surface area contributed by atoms with Gasteiger partial charge in [-0.25, -0.2) is 8.42 Å². The van der Waals surface area contributed by atoms with Gasteiger partial charge in [0.25, 0.3) is 10.0 Å². The van der Waals surface area contributed by atoms with Crippen molar-refractivity contribution in [2.75, 3.05) is 17.4 Å². The highest BCUT2D eigenvalue weighted by atomic mass is 35.5. The van der Waals surface area contributed by atoms with Crippen molar-refractivity contribution in [1.29, 1.82) is 0 Å². The molecule has 0 aliphatic rings. The van der Waals surface area contributed by atoms with E-state index in [-0.39, 0.29) is 29.0 Å². The van der Waals surface area contributed by atoms with Crippen LogP contribution in [0.25, 0.3) is 0 Å². The van der Waals surface area contributed by atoms with Crippen molar-refractivity contribution in [1.82, 2.24) is 10.2 Å². The normalized spacial score (nSPS) is 12.2. The Hall–Kier alpha value is -2.78. The van der Waals surface area contributed by atoms with Gasteiger partial charge in [-0.05, 0) is 67.3 Å². The minimum absolute atomic E-state index is 0.000133. The summed E-state index contributed by atoms with van der Waals surface area (Å²) in [5.74, 6) is -0.749. The Morgan fingerprint density at radius 1 is 0.875 bits per heavy atom. The Balaban J connectivity index is 2.04. The van der Waals surface area contributed by atoms with E-state index < -0.39 is 28.5 Å². The van der Waals surface area contributed by atoms with E-state index in [4.69, 9.17) is 34.8 Å². The van der Waals surface area contributed by atoms with Gasteiger partial charge in [0, 0.05) is 18.1 Å². The number of aryl methyl sites for hydroxylation is 1. The third kappa shape index (κ3) is 7.91. The highest BCUT2D eigenvalue weighted by molar-refractivity contribution is 7.92. The number of hydrogen-bond acceptors (Lipinski definition) is 4. The van der Waals surface area contributed by atoms with Crippen molar-refractivity contribution < 1.29 is 18.0 Å². The maximum Gasteiger partial charge on any atom is 0.264 e. The number of carbonyl (C=O) groups is 2. The van der Waals surface area contributed by atoms with Crippen molar-refractivity contribution in [2.24, 2.45) is 5.92 Å². The van der Waals surface area contributed by atoms with Crippen LogP contribution in [-0.2, 0) is 26.2 Å². The van der Waals surface area contributed by atoms with E-state index in [1.165, 1.54) is 23.1 Å². The number of sulfonamides is 1. The van der Waals surface area contributed by atoms with Gasteiger partial charge in [-0.1, -0.05) is 79.0 Å². The number of amides is 2. The van der Waals surface area contributed by atoms with E-state index >= 15 is 0 Å². The summed E-state index contributed by atoms with van der Waals surface area (Å²) >= 11 is 18.6. The van der Waals surface area contributed by atoms with Crippen molar-refractivity contribution >= 4 is 62.3 Å². The number of hydrogen-bond donors (Lipinski definition) is 1. The zero-order chi connectivity index (χ0) is 29.6. The van der Waals surface area contributed by atoms with Gasteiger partial charge in [-0.2, -0.15) is 0 Å². The Morgan fingerprint density at radius 2 is 1.55 bits per heavy atom. The maximum atomic E-state index is 13.9. The molecule has 1 N–H and O–H groups in total. The number of carbonyl (C=O) groups excluding carboxylic acids is 2. The fraction of sp³-hybridized carbons (Fsp3) is 0.310. The van der Waals surface area contributed by atoms with Crippen LogP contribution in [0.5, 0.6) is 0 Å². The third-order valence-corrected chi connectivity index (χ3v) is 9.18. The topological polar surface area (TPSA) is 86.8 Å². The van der Waals surface area contributed by atoms with Gasteiger partial charge >= 0.3 is 0 Å². The predicted molar refractivity (Wildman–Crippen MR) is 161 cm³/mol. The summed E-state index contributed by atoms with van der Waals surface area (Å²) < 4.78 is 28.6. The van der Waals surface area contributed by atoms with Crippen LogP contribution in [0.4, 0.5) is 5.69 Å². The molecule has 3 rings (SSSR count). The summed E-state index contributed by atoms with van der Waals surface area (Å²) in [5.41, 5.74) is 1.60. The molecule has 3 aromatic carbocycles. The smallest absolute Gasteiger partial charge is 0.264 e. The SMILES string of the molecule is Cc1ccc(N(CC(=O)N(Cc2ccc(Cl)c(Cl)c2)[C@@H](C)C(=O)NCC(C)C)S(=O)(=O)c2ccccc2)cc1Cl. The summed E-state index contributed by atoms with van der Waals surface area (Å²) in [7, 11) is -4.18. The van der Waals surface area contributed by atoms with E-state index in [2.05, 4.69) is 5.32 Å². The molecule has 11 heteroatoms. The van der Waals surface area contributed by atoms with Crippen molar-refractivity contribution in [2.45, 2.75) is 45.2 Å². The lowest BCUT2D eigenvalue weighted by atomic mass is 10.1. The number of halogens is 3. The number of nitrogens with zero attached hydrogens (tertiary/aromatic N) is 2. The van der Waals surface area contributed by atoms with Gasteiger partial charge in [0.05, 0.1) is 20.6 Å². The van der Waals surface area contributed by atoms with Crippen LogP contribution in [0.15, 0.2) is 71.6 Å². The zero-order valence-electron chi connectivity index (χ0n) is 22.7. The van der Waals surface area contributed by atoms with Gasteiger partial charge in [0.15, 0.2) is 0 Å². The lowest BCUT2D eigenvalue weighted by Crippen LogP contribution is -2.51. The molecule has 0 aliphatic carbocycles. The largest absolute Gasteiger partial charge is 0.354 e. The summed E-state index contributed by atoms with van der Waals surface area (Å²) in [5, 5.41) is 3.85. The van der Waals surface area contributed by atoms with Gasteiger partial charge < -0.3 is 10.2 Å². The fourth-order valence-corrected chi connectivity index (χ4v) is 5.78. The highest BCUT2D eigenvalue weighted by Gasteiger charge is 2.32. The molecule has 0 saturated heterocycles. The van der Waals surface area contributed by atoms with E-state index in [0.717, 1.165) is 9.87 Å². The van der Waals surface area contributed by atoms with Crippen LogP contribution >= 0.6 is 34.8 Å². The number of benzene rings is 3. The Labute approximate surface area is 251 Å². The molecule has 0 radical (unpaired) electrons. The van der Waals surface area contributed by atoms with Crippen LogP contribution in [-0.4, -0.2) is 44.3 Å². The predicted octanol–water partition coefficient (Wildman–Crippen LogP) is 6.34. The minimum atomic E-state index is -4.18. The Morgan fingerprint density at radius 3 is 2.15 bits per heavy atom. The second-order valence-electron chi connectivity index (χ2n) is 9.84. The number of anilines is 1. The molecule has 3 aromatic rings. The average molecular weight is 625 g/mol. The molecule has 0 unspecified atom stereocenters. The highest BCUT2D eigenvalue weighted by Crippen LogP contribution is 2.29. The molecule has 0 aromatic heterocycles. The second-order valence-corrected chi connectivity index (χ2v) is 12.9. The molecule has 0 fully saturated rings. The first-order valence-electron chi connectivity index (χ1n) is 12.7. The molecule has 0 saturated carbocycles. The van der Waals surface area contributed by atoms with E-state index in [1.54, 1.807) is 62.4 Å². The van der Waals surface area contributed by atoms with Crippen molar-refractivity contribution in [3.05, 3.63) is 92.9 Å². The molecule has 214 valence electrons. The standard InChI is InChI=1S/C29H32Cl3N3O4S/c1-19(2)16-33-29(37)21(4)34(17-22-11-13-25(30)27(32)14-22)28(36)18-35(23-12-10-20(3)26(31)15-23)40(38,39)24-8-6-5-7-9-24/h5-15,19,21H,16-18H2,1-4H3,(H,33,37)/t21-/m0/s1. The molecule has 40 heavy (non-hydrogen) atoms. The molecule has 2 amide bonds. The van der Waals surface area contributed by atoms with Crippen LogP contribution in [0.3, 0.4) is 0 Å². The van der Waals surface area contributed by atoms with Crippen molar-refractivity contribution in [3.63, 3.8) is 0 Å². The molecular formula is C29H32Cl3N3O4S. The summed E-state index contributed by atoms with van der Waals surface area (Å²) in [6.45, 7) is 7.17. The Bertz CT molecular complexity index is 1470. The minimum Gasteiger partial charge on any atom is -0.354 e. The molecule has 0 heterocycles. The third-order valence-electron chi connectivity index (χ3n) is 6.24. The monoisotopic (exact) mass is 623 g/mol. The van der Waals surface area contributed by atoms with E-state index in [0.29, 0.717) is 27.2 Å². The van der Waals surface area contributed by atoms with Crippen LogP contribution < -0.4 is 9.62 Å². The molecule has 7 nitrogen and oxygen atoms in total. The average Bonchev–Trinajstić information content (AvgIpc) is 2.92. The molecule has 0 spiro atoms. The summed E-state index contributed by atoms with van der Waals surface area (Å²) in [6.07, 6.45) is 0. The maximum absolute atomic E-state index is 13.9. The fourth-order valence-electron chi connectivity index (χ4n) is 3.86. The molecule has 0 aliphatic heterocycles.